The van der Waals surface area contributed by atoms with Crippen molar-refractivity contribution in [1.29, 1.82) is 0 Å². The molecule has 1 fully saturated rings. The molecule has 0 bridgehead atoms. The van der Waals surface area contributed by atoms with Gasteiger partial charge in [0.05, 0.1) is 5.92 Å². The smallest absolute Gasteiger partial charge is 0.225 e. The van der Waals surface area contributed by atoms with E-state index in [1.165, 1.54) is 19.3 Å². The molecule has 1 amide bonds. The monoisotopic (exact) mass is 280 g/mol. The molecule has 0 aliphatic carbocycles. The first-order valence-electron chi connectivity index (χ1n) is 6.94. The fourth-order valence-corrected chi connectivity index (χ4v) is 2.97. The van der Waals surface area contributed by atoms with E-state index in [0.717, 1.165) is 31.6 Å². The molecule has 0 aromatic heterocycles. The first kappa shape index (κ1) is 14.4. The maximum Gasteiger partial charge on any atom is 0.225 e. The summed E-state index contributed by atoms with van der Waals surface area (Å²) in [5, 5.41) is 0.630. The van der Waals surface area contributed by atoms with Gasteiger partial charge in [-0.3, -0.25) is 4.79 Å². The van der Waals surface area contributed by atoms with Crippen molar-refractivity contribution in [2.45, 2.75) is 31.6 Å². The van der Waals surface area contributed by atoms with Gasteiger partial charge in [-0.15, -0.1) is 0 Å². The van der Waals surface area contributed by atoms with Crippen LogP contribution in [-0.2, 0) is 4.79 Å². The molecule has 3 nitrogen and oxygen atoms in total. The molecular formula is C15H21ClN2O. The lowest BCUT2D eigenvalue weighted by Crippen LogP contribution is -2.33. The van der Waals surface area contributed by atoms with Crippen molar-refractivity contribution in [3.05, 3.63) is 34.9 Å². The highest BCUT2D eigenvalue weighted by Gasteiger charge is 2.21. The van der Waals surface area contributed by atoms with Crippen LogP contribution in [0.5, 0.6) is 0 Å². The molecule has 1 atom stereocenters. The topological polar surface area (TPSA) is 46.3 Å². The molecule has 1 heterocycles. The molecule has 1 aromatic rings. The molecule has 19 heavy (non-hydrogen) atoms. The quantitative estimate of drug-likeness (QED) is 0.901. The van der Waals surface area contributed by atoms with Gasteiger partial charge in [0.25, 0.3) is 0 Å². The highest BCUT2D eigenvalue weighted by molar-refractivity contribution is 6.31. The largest absolute Gasteiger partial charge is 0.369 e. The lowest BCUT2D eigenvalue weighted by molar-refractivity contribution is -0.119. The summed E-state index contributed by atoms with van der Waals surface area (Å²) in [6.45, 7) is 3.18. The van der Waals surface area contributed by atoms with Crippen molar-refractivity contribution in [2.75, 3.05) is 19.6 Å². The minimum absolute atomic E-state index is 0.282. The Morgan fingerprint density at radius 1 is 1.26 bits per heavy atom. The Hall–Kier alpha value is -1.06. The molecule has 104 valence electrons. The summed E-state index contributed by atoms with van der Waals surface area (Å²) in [5.41, 5.74) is 6.39. The van der Waals surface area contributed by atoms with Crippen LogP contribution in [-0.4, -0.2) is 30.4 Å². The number of halogens is 1. The van der Waals surface area contributed by atoms with Gasteiger partial charge in [0.1, 0.15) is 0 Å². The number of nitrogens with zero attached hydrogens (tertiary/aromatic N) is 1. The number of rotatable bonds is 5. The van der Waals surface area contributed by atoms with Crippen molar-refractivity contribution >= 4 is 17.5 Å². The summed E-state index contributed by atoms with van der Waals surface area (Å²) >= 11 is 6.16. The lowest BCUT2D eigenvalue weighted by atomic mass is 9.94. The molecular weight excluding hydrogens is 260 g/mol. The molecule has 2 rings (SSSR count). The number of likely N-dealkylation sites (tertiary alicyclic amines) is 1. The number of hydrogen-bond acceptors (Lipinski definition) is 2. The highest BCUT2D eigenvalue weighted by Crippen LogP contribution is 2.27. The van der Waals surface area contributed by atoms with Crippen LogP contribution in [0.3, 0.4) is 0 Å². The third kappa shape index (κ3) is 3.95. The minimum atomic E-state index is -0.287. The second-order valence-electron chi connectivity index (χ2n) is 5.17. The molecule has 1 aromatic carbocycles. The molecule has 0 saturated carbocycles. The normalized spacial score (nSPS) is 18.2. The van der Waals surface area contributed by atoms with E-state index in [1.54, 1.807) is 0 Å². The first-order valence-corrected chi connectivity index (χ1v) is 7.32. The maximum absolute atomic E-state index is 11.7. The Morgan fingerprint density at radius 2 is 1.95 bits per heavy atom. The van der Waals surface area contributed by atoms with Crippen LogP contribution in [0.15, 0.2) is 24.3 Å². The fraction of sp³-hybridized carbons (Fsp3) is 0.533. The number of carbonyl (C=O) groups is 1. The molecule has 1 aliphatic rings. The van der Waals surface area contributed by atoms with Gasteiger partial charge in [0, 0.05) is 5.02 Å². The van der Waals surface area contributed by atoms with Crippen molar-refractivity contribution in [2.24, 2.45) is 5.73 Å². The summed E-state index contributed by atoms with van der Waals surface area (Å²) < 4.78 is 0. The Balaban J connectivity index is 2.00. The van der Waals surface area contributed by atoms with Crippen LogP contribution >= 0.6 is 11.6 Å². The molecule has 0 spiro atoms. The number of nitrogens with two attached hydrogens (primary N) is 1. The maximum atomic E-state index is 11.7. The fourth-order valence-electron chi connectivity index (χ4n) is 2.70. The number of carbonyl (C=O) groups excluding carboxylic acids is 1. The SMILES string of the molecule is NC(=O)C(CCN1CCCCC1)c1ccccc1Cl. The Labute approximate surface area is 119 Å². The van der Waals surface area contributed by atoms with Crippen molar-refractivity contribution in [3.8, 4) is 0 Å². The first-order chi connectivity index (χ1) is 9.18. The summed E-state index contributed by atoms with van der Waals surface area (Å²) in [7, 11) is 0. The molecule has 1 unspecified atom stereocenters. The summed E-state index contributed by atoms with van der Waals surface area (Å²) in [6.07, 6.45) is 4.58. The van der Waals surface area contributed by atoms with Crippen molar-refractivity contribution in [3.63, 3.8) is 0 Å². The van der Waals surface area contributed by atoms with Crippen LogP contribution in [0.1, 0.15) is 37.2 Å². The highest BCUT2D eigenvalue weighted by atomic mass is 35.5. The molecule has 1 aliphatic heterocycles. The average Bonchev–Trinajstić information content (AvgIpc) is 2.42. The van der Waals surface area contributed by atoms with E-state index in [1.807, 2.05) is 24.3 Å². The lowest BCUT2D eigenvalue weighted by Gasteiger charge is -2.27. The van der Waals surface area contributed by atoms with Crippen LogP contribution in [0, 0.1) is 0 Å². The predicted octanol–water partition coefficient (Wildman–Crippen LogP) is 2.78. The number of benzene rings is 1. The van der Waals surface area contributed by atoms with Crippen LogP contribution in [0.25, 0.3) is 0 Å². The van der Waals surface area contributed by atoms with Gasteiger partial charge < -0.3 is 10.6 Å². The zero-order valence-electron chi connectivity index (χ0n) is 11.1. The van der Waals surface area contributed by atoms with Gasteiger partial charge in [0.2, 0.25) is 5.91 Å². The Morgan fingerprint density at radius 3 is 2.58 bits per heavy atom. The van der Waals surface area contributed by atoms with Crippen LogP contribution < -0.4 is 5.73 Å². The number of primary amides is 1. The van der Waals surface area contributed by atoms with Gasteiger partial charge in [-0.05, 0) is 50.5 Å². The average molecular weight is 281 g/mol. The second-order valence-corrected chi connectivity index (χ2v) is 5.57. The zero-order chi connectivity index (χ0) is 13.7. The number of amides is 1. The van der Waals surface area contributed by atoms with Gasteiger partial charge >= 0.3 is 0 Å². The third-order valence-electron chi connectivity index (χ3n) is 3.81. The number of hydrogen-bond donors (Lipinski definition) is 1. The van der Waals surface area contributed by atoms with Crippen LogP contribution in [0.2, 0.25) is 5.02 Å². The number of piperidine rings is 1. The van der Waals surface area contributed by atoms with E-state index in [2.05, 4.69) is 4.90 Å². The Kier molecular flexibility index (Phi) is 5.23. The van der Waals surface area contributed by atoms with E-state index in [-0.39, 0.29) is 11.8 Å². The van der Waals surface area contributed by atoms with Crippen molar-refractivity contribution in [1.82, 2.24) is 4.90 Å². The molecule has 4 heteroatoms. The van der Waals surface area contributed by atoms with E-state index in [0.29, 0.717) is 5.02 Å². The standard InChI is InChI=1S/C15H21ClN2O/c16-14-7-3-2-6-12(14)13(15(17)19)8-11-18-9-4-1-5-10-18/h2-3,6-7,13H,1,4-5,8-11H2,(H2,17,19). The van der Waals surface area contributed by atoms with Gasteiger partial charge in [-0.1, -0.05) is 36.2 Å². The predicted molar refractivity (Wildman–Crippen MR) is 78.3 cm³/mol. The third-order valence-corrected chi connectivity index (χ3v) is 4.15. The van der Waals surface area contributed by atoms with E-state index in [4.69, 9.17) is 17.3 Å². The van der Waals surface area contributed by atoms with E-state index < -0.39 is 0 Å². The van der Waals surface area contributed by atoms with Crippen molar-refractivity contribution < 1.29 is 4.79 Å². The summed E-state index contributed by atoms with van der Waals surface area (Å²) in [5.74, 6) is -0.569. The summed E-state index contributed by atoms with van der Waals surface area (Å²) in [4.78, 5) is 14.1. The molecule has 2 N–H and O–H groups in total. The second kappa shape index (κ2) is 6.92. The summed E-state index contributed by atoms with van der Waals surface area (Å²) in [6, 6.07) is 7.48. The molecule has 0 radical (unpaired) electrons. The zero-order valence-corrected chi connectivity index (χ0v) is 11.9. The van der Waals surface area contributed by atoms with Crippen LogP contribution in [0.4, 0.5) is 0 Å². The van der Waals surface area contributed by atoms with Gasteiger partial charge in [-0.2, -0.15) is 0 Å². The Bertz CT molecular complexity index is 430. The minimum Gasteiger partial charge on any atom is -0.369 e. The molecule has 1 saturated heterocycles. The van der Waals surface area contributed by atoms with E-state index >= 15 is 0 Å². The van der Waals surface area contributed by atoms with Gasteiger partial charge in [0.15, 0.2) is 0 Å². The van der Waals surface area contributed by atoms with Gasteiger partial charge in [-0.25, -0.2) is 0 Å². The van der Waals surface area contributed by atoms with E-state index in [9.17, 15) is 4.79 Å².